The highest BCUT2D eigenvalue weighted by Crippen LogP contribution is 2.45. The summed E-state index contributed by atoms with van der Waals surface area (Å²) in [5.41, 5.74) is 1.79. The molecule has 1 saturated carbocycles. The number of likely N-dealkylation sites (tertiary alicyclic amines) is 2. The van der Waals surface area contributed by atoms with E-state index in [2.05, 4.69) is 21.1 Å². The Kier molecular flexibility index (Phi) is 4.20. The normalized spacial score (nSPS) is 32.3. The standard InChI is InChI=1S/C18H30N4O/c1-20-8-16(7-19-20)10-21-6-5-18(13-21)14-22(9-15-3-4-15)11-17(18)12-23-2/h7-8,15,17H,3-6,9-14H2,1-2H3/t17-,18+/m1/s1. The topological polar surface area (TPSA) is 33.5 Å². The van der Waals surface area contributed by atoms with E-state index in [4.69, 9.17) is 4.74 Å². The van der Waals surface area contributed by atoms with Gasteiger partial charge in [-0.25, -0.2) is 0 Å². The molecule has 3 heterocycles. The number of ether oxygens (including phenoxy) is 1. The molecule has 2 saturated heterocycles. The van der Waals surface area contributed by atoms with Crippen LogP contribution in [0.3, 0.4) is 0 Å². The molecule has 5 heteroatoms. The fourth-order valence-electron chi connectivity index (χ4n) is 4.77. The van der Waals surface area contributed by atoms with Gasteiger partial charge >= 0.3 is 0 Å². The molecule has 1 aromatic heterocycles. The van der Waals surface area contributed by atoms with Gasteiger partial charge in [0.25, 0.3) is 0 Å². The molecule has 2 atom stereocenters. The summed E-state index contributed by atoms with van der Waals surface area (Å²) in [6, 6.07) is 0. The first kappa shape index (κ1) is 15.6. The van der Waals surface area contributed by atoms with Gasteiger partial charge in [-0.3, -0.25) is 9.58 Å². The zero-order valence-corrected chi connectivity index (χ0v) is 14.6. The molecule has 0 amide bonds. The molecule has 3 fully saturated rings. The Morgan fingerprint density at radius 1 is 1.30 bits per heavy atom. The SMILES string of the molecule is COC[C@H]1CN(CC2CC2)C[C@@]12CCN(Cc1cnn(C)c1)C2. The molecule has 5 nitrogen and oxygen atoms in total. The van der Waals surface area contributed by atoms with Crippen LogP contribution in [0.4, 0.5) is 0 Å². The van der Waals surface area contributed by atoms with Gasteiger partial charge in [0, 0.05) is 70.0 Å². The Morgan fingerprint density at radius 2 is 2.13 bits per heavy atom. The Labute approximate surface area is 139 Å². The minimum Gasteiger partial charge on any atom is -0.384 e. The molecule has 3 aliphatic rings. The Bertz CT molecular complexity index is 541. The van der Waals surface area contributed by atoms with E-state index in [0.717, 1.165) is 19.1 Å². The molecule has 4 rings (SSSR count). The molecular weight excluding hydrogens is 288 g/mol. The highest BCUT2D eigenvalue weighted by atomic mass is 16.5. The third kappa shape index (κ3) is 3.32. The highest BCUT2D eigenvalue weighted by molar-refractivity contribution is 5.07. The first-order valence-corrected chi connectivity index (χ1v) is 9.08. The van der Waals surface area contributed by atoms with Crippen molar-refractivity contribution in [2.24, 2.45) is 24.3 Å². The van der Waals surface area contributed by atoms with Gasteiger partial charge < -0.3 is 9.64 Å². The van der Waals surface area contributed by atoms with E-state index in [1.807, 2.05) is 25.0 Å². The third-order valence-electron chi connectivity index (χ3n) is 6.09. The van der Waals surface area contributed by atoms with Crippen molar-refractivity contribution in [3.05, 3.63) is 18.0 Å². The van der Waals surface area contributed by atoms with Crippen molar-refractivity contribution in [2.75, 3.05) is 46.4 Å². The van der Waals surface area contributed by atoms with Crippen LogP contribution in [0.5, 0.6) is 0 Å². The zero-order chi connectivity index (χ0) is 15.9. The Morgan fingerprint density at radius 3 is 2.83 bits per heavy atom. The summed E-state index contributed by atoms with van der Waals surface area (Å²) in [4.78, 5) is 5.36. The minimum absolute atomic E-state index is 0.451. The van der Waals surface area contributed by atoms with Crippen LogP contribution in [0.2, 0.25) is 0 Å². The number of aryl methyl sites for hydroxylation is 1. The van der Waals surface area contributed by atoms with E-state index in [1.165, 1.54) is 57.5 Å². The van der Waals surface area contributed by atoms with Crippen LogP contribution in [0, 0.1) is 17.3 Å². The molecule has 1 spiro atoms. The molecule has 23 heavy (non-hydrogen) atoms. The average molecular weight is 318 g/mol. The lowest BCUT2D eigenvalue weighted by molar-refractivity contribution is 0.0959. The summed E-state index contributed by atoms with van der Waals surface area (Å²) in [6.07, 6.45) is 8.37. The van der Waals surface area contributed by atoms with Crippen LogP contribution in [-0.4, -0.2) is 66.0 Å². The maximum atomic E-state index is 5.58. The second-order valence-electron chi connectivity index (χ2n) is 8.14. The van der Waals surface area contributed by atoms with Gasteiger partial charge in [0.05, 0.1) is 12.8 Å². The highest BCUT2D eigenvalue weighted by Gasteiger charge is 2.50. The molecule has 128 valence electrons. The largest absolute Gasteiger partial charge is 0.384 e. The number of rotatable bonds is 6. The van der Waals surface area contributed by atoms with Gasteiger partial charge in [0.2, 0.25) is 0 Å². The summed E-state index contributed by atoms with van der Waals surface area (Å²) < 4.78 is 7.48. The van der Waals surface area contributed by atoms with Gasteiger partial charge in [-0.15, -0.1) is 0 Å². The van der Waals surface area contributed by atoms with Crippen molar-refractivity contribution in [1.29, 1.82) is 0 Å². The smallest absolute Gasteiger partial charge is 0.0534 e. The molecule has 1 aliphatic carbocycles. The van der Waals surface area contributed by atoms with E-state index in [9.17, 15) is 0 Å². The van der Waals surface area contributed by atoms with E-state index >= 15 is 0 Å². The molecular formula is C18H30N4O. The summed E-state index contributed by atoms with van der Waals surface area (Å²) in [5.74, 6) is 1.69. The lowest BCUT2D eigenvalue weighted by Crippen LogP contribution is -2.36. The monoisotopic (exact) mass is 318 g/mol. The molecule has 0 aromatic carbocycles. The van der Waals surface area contributed by atoms with Crippen LogP contribution in [0.1, 0.15) is 24.8 Å². The predicted molar refractivity (Wildman–Crippen MR) is 90.1 cm³/mol. The maximum absolute atomic E-state index is 5.58. The number of methoxy groups -OCH3 is 1. The van der Waals surface area contributed by atoms with Crippen molar-refractivity contribution in [2.45, 2.75) is 25.8 Å². The molecule has 0 unspecified atom stereocenters. The van der Waals surface area contributed by atoms with Gasteiger partial charge in [-0.2, -0.15) is 5.10 Å². The lowest BCUT2D eigenvalue weighted by Gasteiger charge is -2.30. The number of hydrogen-bond donors (Lipinski definition) is 0. The van der Waals surface area contributed by atoms with E-state index in [1.54, 1.807) is 0 Å². The third-order valence-corrected chi connectivity index (χ3v) is 6.09. The minimum atomic E-state index is 0.451. The molecule has 1 aromatic rings. The molecule has 0 bridgehead atoms. The quantitative estimate of drug-likeness (QED) is 0.798. The van der Waals surface area contributed by atoms with Gasteiger partial charge in [-0.05, 0) is 31.7 Å². The van der Waals surface area contributed by atoms with E-state index in [0.29, 0.717) is 11.3 Å². The van der Waals surface area contributed by atoms with E-state index < -0.39 is 0 Å². The maximum Gasteiger partial charge on any atom is 0.0534 e. The van der Waals surface area contributed by atoms with Gasteiger partial charge in [-0.1, -0.05) is 0 Å². The summed E-state index contributed by atoms with van der Waals surface area (Å²) >= 11 is 0. The van der Waals surface area contributed by atoms with Crippen molar-refractivity contribution in [3.8, 4) is 0 Å². The first-order chi connectivity index (χ1) is 11.2. The van der Waals surface area contributed by atoms with Gasteiger partial charge in [0.1, 0.15) is 0 Å². The number of nitrogens with zero attached hydrogens (tertiary/aromatic N) is 4. The van der Waals surface area contributed by atoms with Crippen LogP contribution in [0.15, 0.2) is 12.4 Å². The average Bonchev–Trinajstić information content (AvgIpc) is 2.94. The van der Waals surface area contributed by atoms with Crippen LogP contribution < -0.4 is 0 Å². The second kappa shape index (κ2) is 6.19. The van der Waals surface area contributed by atoms with Crippen molar-refractivity contribution >= 4 is 0 Å². The lowest BCUT2D eigenvalue weighted by atomic mass is 9.77. The molecule has 0 radical (unpaired) electrons. The van der Waals surface area contributed by atoms with Crippen molar-refractivity contribution in [1.82, 2.24) is 19.6 Å². The van der Waals surface area contributed by atoms with Gasteiger partial charge in [0.15, 0.2) is 0 Å². The zero-order valence-electron chi connectivity index (χ0n) is 14.6. The van der Waals surface area contributed by atoms with E-state index in [-0.39, 0.29) is 0 Å². The summed E-state index contributed by atoms with van der Waals surface area (Å²) in [6.45, 7) is 8.24. The van der Waals surface area contributed by atoms with Crippen molar-refractivity contribution in [3.63, 3.8) is 0 Å². The van der Waals surface area contributed by atoms with Crippen LogP contribution >= 0.6 is 0 Å². The summed E-state index contributed by atoms with van der Waals surface area (Å²) in [7, 11) is 3.86. The number of hydrogen-bond acceptors (Lipinski definition) is 4. The Hall–Kier alpha value is -0.910. The number of aromatic nitrogens is 2. The van der Waals surface area contributed by atoms with Crippen LogP contribution in [0.25, 0.3) is 0 Å². The van der Waals surface area contributed by atoms with Crippen molar-refractivity contribution < 1.29 is 4.74 Å². The molecule has 2 aliphatic heterocycles. The fraction of sp³-hybridized carbons (Fsp3) is 0.833. The molecule has 0 N–H and O–H groups in total. The predicted octanol–water partition coefficient (Wildman–Crippen LogP) is 1.60. The Balaban J connectivity index is 1.41. The second-order valence-corrected chi connectivity index (χ2v) is 8.14. The fourth-order valence-corrected chi connectivity index (χ4v) is 4.77. The first-order valence-electron chi connectivity index (χ1n) is 9.08. The van der Waals surface area contributed by atoms with Crippen LogP contribution in [-0.2, 0) is 18.3 Å². The summed E-state index contributed by atoms with van der Waals surface area (Å²) in [5, 5.41) is 4.31.